The van der Waals surface area contributed by atoms with Crippen molar-refractivity contribution in [3.8, 4) is 0 Å². The van der Waals surface area contributed by atoms with E-state index in [1.807, 2.05) is 0 Å². The lowest BCUT2D eigenvalue weighted by atomic mass is 9.68. The summed E-state index contributed by atoms with van der Waals surface area (Å²) in [5.41, 5.74) is -0.285. The van der Waals surface area contributed by atoms with Crippen LogP contribution in [0.4, 0.5) is 0 Å². The largest absolute Gasteiger partial charge is 0.389 e. The first-order chi connectivity index (χ1) is 5.72. The first-order valence-electron chi connectivity index (χ1n) is 5.28. The molecule has 0 spiro atoms. The second-order valence-electron chi connectivity index (χ2n) is 4.59. The number of piperidine rings is 1. The minimum absolute atomic E-state index is 0.285. The first kappa shape index (κ1) is 8.52. The zero-order valence-corrected chi connectivity index (χ0v) is 7.92. The van der Waals surface area contributed by atoms with Crippen molar-refractivity contribution in [2.24, 2.45) is 5.92 Å². The molecule has 0 aromatic carbocycles. The number of quaternary nitrogens is 1. The van der Waals surface area contributed by atoms with Crippen molar-refractivity contribution in [2.45, 2.75) is 50.7 Å². The molecule has 1 heterocycles. The Morgan fingerprint density at radius 2 is 2.17 bits per heavy atom. The van der Waals surface area contributed by atoms with Gasteiger partial charge in [-0.2, -0.15) is 0 Å². The molecule has 2 fully saturated rings. The summed E-state index contributed by atoms with van der Waals surface area (Å²) in [6.07, 6.45) is 5.87. The molecule has 1 aliphatic heterocycles. The molecular weight excluding hydrogens is 150 g/mol. The van der Waals surface area contributed by atoms with Gasteiger partial charge in [-0.05, 0) is 19.8 Å². The molecule has 0 unspecified atom stereocenters. The molecule has 2 nitrogen and oxygen atoms in total. The van der Waals surface area contributed by atoms with E-state index in [0.717, 1.165) is 19.4 Å². The van der Waals surface area contributed by atoms with Gasteiger partial charge in [0.25, 0.3) is 0 Å². The van der Waals surface area contributed by atoms with Gasteiger partial charge in [-0.3, -0.25) is 0 Å². The summed E-state index contributed by atoms with van der Waals surface area (Å²) in [7, 11) is 0. The second kappa shape index (κ2) is 3.00. The van der Waals surface area contributed by atoms with Gasteiger partial charge in [0.2, 0.25) is 0 Å². The Balaban J connectivity index is 2.12. The zero-order chi connectivity index (χ0) is 8.60. The van der Waals surface area contributed by atoms with Gasteiger partial charge in [-0.15, -0.1) is 0 Å². The molecule has 70 valence electrons. The fourth-order valence-corrected chi connectivity index (χ4v) is 3.07. The van der Waals surface area contributed by atoms with Crippen LogP contribution in [-0.4, -0.2) is 23.3 Å². The molecule has 0 aromatic rings. The standard InChI is InChI=1S/C10H19NO/c1-8-9-4-2-3-5-10(9,12)6-7-11-8/h8-9,11-12H,2-7H2,1H3/p+1/t8-,9+,10-/m0/s1. The number of rotatable bonds is 0. The Morgan fingerprint density at radius 1 is 1.33 bits per heavy atom. The Morgan fingerprint density at radius 3 is 2.92 bits per heavy atom. The molecule has 1 saturated heterocycles. The predicted molar refractivity (Wildman–Crippen MR) is 47.8 cm³/mol. The van der Waals surface area contributed by atoms with Gasteiger partial charge < -0.3 is 10.4 Å². The molecule has 3 atom stereocenters. The molecule has 1 saturated carbocycles. The molecule has 0 amide bonds. The fourth-order valence-electron chi connectivity index (χ4n) is 3.07. The summed E-state index contributed by atoms with van der Waals surface area (Å²) in [5.74, 6) is 0.569. The van der Waals surface area contributed by atoms with Crippen LogP contribution in [0, 0.1) is 5.92 Å². The number of hydrogen-bond acceptors (Lipinski definition) is 1. The Bertz CT molecular complexity index is 167. The minimum atomic E-state index is -0.285. The highest BCUT2D eigenvalue weighted by Crippen LogP contribution is 2.38. The van der Waals surface area contributed by atoms with Crippen molar-refractivity contribution >= 4 is 0 Å². The lowest BCUT2D eigenvalue weighted by Crippen LogP contribution is -2.95. The van der Waals surface area contributed by atoms with E-state index in [9.17, 15) is 5.11 Å². The van der Waals surface area contributed by atoms with Crippen molar-refractivity contribution in [3.63, 3.8) is 0 Å². The highest BCUT2D eigenvalue weighted by molar-refractivity contribution is 4.93. The number of nitrogens with two attached hydrogens (primary N) is 1. The average Bonchev–Trinajstić information content (AvgIpc) is 2.04. The first-order valence-corrected chi connectivity index (χ1v) is 5.28. The maximum absolute atomic E-state index is 10.3. The number of fused-ring (bicyclic) bond motifs is 1. The lowest BCUT2D eigenvalue weighted by Gasteiger charge is -2.45. The molecule has 12 heavy (non-hydrogen) atoms. The predicted octanol–water partition coefficient (Wildman–Crippen LogP) is 0.263. The highest BCUT2D eigenvalue weighted by atomic mass is 16.3. The smallest absolute Gasteiger partial charge is 0.0886 e. The van der Waals surface area contributed by atoms with Crippen LogP contribution in [-0.2, 0) is 0 Å². The molecule has 2 aliphatic rings. The third kappa shape index (κ3) is 1.27. The van der Waals surface area contributed by atoms with E-state index >= 15 is 0 Å². The van der Waals surface area contributed by atoms with Gasteiger partial charge >= 0.3 is 0 Å². The third-order valence-electron chi connectivity index (χ3n) is 3.82. The Kier molecular flexibility index (Phi) is 2.13. The topological polar surface area (TPSA) is 36.8 Å². The summed E-state index contributed by atoms with van der Waals surface area (Å²) in [6, 6.07) is 0.643. The van der Waals surface area contributed by atoms with Gasteiger partial charge in [0.1, 0.15) is 0 Å². The van der Waals surface area contributed by atoms with E-state index in [0.29, 0.717) is 12.0 Å². The maximum Gasteiger partial charge on any atom is 0.0886 e. The quantitative estimate of drug-likeness (QED) is 0.538. The van der Waals surface area contributed by atoms with Gasteiger partial charge in [0.05, 0.1) is 18.2 Å². The zero-order valence-electron chi connectivity index (χ0n) is 7.92. The van der Waals surface area contributed by atoms with Crippen molar-refractivity contribution in [1.82, 2.24) is 0 Å². The van der Waals surface area contributed by atoms with Crippen molar-refractivity contribution < 1.29 is 10.4 Å². The molecular formula is C10H20NO+. The summed E-state index contributed by atoms with van der Waals surface area (Å²) >= 11 is 0. The van der Waals surface area contributed by atoms with Gasteiger partial charge in [-0.1, -0.05) is 12.8 Å². The van der Waals surface area contributed by atoms with Gasteiger partial charge in [-0.25, -0.2) is 0 Å². The summed E-state index contributed by atoms with van der Waals surface area (Å²) in [6.45, 7) is 3.38. The lowest BCUT2D eigenvalue weighted by molar-refractivity contribution is -0.709. The van der Waals surface area contributed by atoms with Crippen LogP contribution in [0.5, 0.6) is 0 Å². The van der Waals surface area contributed by atoms with Crippen LogP contribution < -0.4 is 5.32 Å². The van der Waals surface area contributed by atoms with Gasteiger partial charge in [0.15, 0.2) is 0 Å². The molecule has 0 aromatic heterocycles. The summed E-state index contributed by atoms with van der Waals surface area (Å²) in [4.78, 5) is 0. The molecule has 0 bridgehead atoms. The SMILES string of the molecule is C[C@@H]1[NH2+]CC[C@@]2(O)CCCC[C@H]12. The molecule has 1 aliphatic carbocycles. The Hall–Kier alpha value is -0.0800. The van der Waals surface area contributed by atoms with Crippen LogP contribution in [0.25, 0.3) is 0 Å². The maximum atomic E-state index is 10.3. The normalized spacial score (nSPS) is 48.5. The van der Waals surface area contributed by atoms with Crippen LogP contribution in [0.15, 0.2) is 0 Å². The third-order valence-corrected chi connectivity index (χ3v) is 3.82. The number of aliphatic hydroxyl groups is 1. The van der Waals surface area contributed by atoms with Crippen molar-refractivity contribution in [1.29, 1.82) is 0 Å². The van der Waals surface area contributed by atoms with Crippen LogP contribution in [0.3, 0.4) is 0 Å². The molecule has 2 heteroatoms. The molecule has 3 N–H and O–H groups in total. The second-order valence-corrected chi connectivity index (χ2v) is 4.59. The fraction of sp³-hybridized carbons (Fsp3) is 1.00. The summed E-state index contributed by atoms with van der Waals surface area (Å²) in [5, 5.41) is 12.7. The molecule has 0 radical (unpaired) electrons. The van der Waals surface area contributed by atoms with E-state index in [1.54, 1.807) is 0 Å². The van der Waals surface area contributed by atoms with Crippen LogP contribution in [0.2, 0.25) is 0 Å². The highest BCUT2D eigenvalue weighted by Gasteiger charge is 2.45. The number of hydrogen-bond donors (Lipinski definition) is 2. The van der Waals surface area contributed by atoms with E-state index < -0.39 is 0 Å². The van der Waals surface area contributed by atoms with E-state index in [-0.39, 0.29) is 5.60 Å². The van der Waals surface area contributed by atoms with E-state index in [1.165, 1.54) is 19.3 Å². The van der Waals surface area contributed by atoms with E-state index in [4.69, 9.17) is 0 Å². The van der Waals surface area contributed by atoms with Crippen molar-refractivity contribution in [2.75, 3.05) is 6.54 Å². The summed E-state index contributed by atoms with van der Waals surface area (Å²) < 4.78 is 0. The monoisotopic (exact) mass is 170 g/mol. The van der Waals surface area contributed by atoms with Gasteiger partial charge in [0, 0.05) is 12.3 Å². The molecule has 2 rings (SSSR count). The van der Waals surface area contributed by atoms with Crippen molar-refractivity contribution in [3.05, 3.63) is 0 Å². The van der Waals surface area contributed by atoms with Crippen LogP contribution in [0.1, 0.15) is 39.0 Å². The minimum Gasteiger partial charge on any atom is -0.389 e. The average molecular weight is 170 g/mol. The Labute approximate surface area is 74.4 Å². The van der Waals surface area contributed by atoms with E-state index in [2.05, 4.69) is 12.2 Å². The van der Waals surface area contributed by atoms with Crippen LogP contribution >= 0.6 is 0 Å².